The van der Waals surface area contributed by atoms with Crippen molar-refractivity contribution in [2.45, 2.75) is 0 Å². The monoisotopic (exact) mass is 297 g/mol. The van der Waals surface area contributed by atoms with Crippen molar-refractivity contribution in [2.75, 3.05) is 6.61 Å². The van der Waals surface area contributed by atoms with Crippen molar-refractivity contribution in [2.24, 2.45) is 4.99 Å². The molecule has 0 aromatic heterocycles. The first-order chi connectivity index (χ1) is 10.7. The number of esters is 1. The van der Waals surface area contributed by atoms with E-state index in [0.717, 1.165) is 0 Å². The number of rotatable bonds is 4. The lowest BCUT2D eigenvalue weighted by molar-refractivity contribution is -0.130. The number of cyclic esters (lactones) is 1. The van der Waals surface area contributed by atoms with Crippen LogP contribution >= 0.6 is 0 Å². The van der Waals surface area contributed by atoms with Crippen LogP contribution in [0.4, 0.5) is 4.39 Å². The maximum atomic E-state index is 13.6. The molecule has 3 rings (SSSR count). The Balaban J connectivity index is 1.73. The number of para-hydroxylation sites is 1. The van der Waals surface area contributed by atoms with Gasteiger partial charge in [-0.05, 0) is 24.3 Å². The highest BCUT2D eigenvalue weighted by atomic mass is 19.1. The molecule has 0 saturated heterocycles. The first-order valence-corrected chi connectivity index (χ1v) is 6.66. The normalized spacial score (nSPS) is 15.6. The topological polar surface area (TPSA) is 47.9 Å². The number of aliphatic imine (C=N–C) groups is 1. The van der Waals surface area contributed by atoms with Gasteiger partial charge in [0.05, 0.1) is 0 Å². The number of carbonyl (C=O) groups excluding carboxylic acids is 1. The minimum absolute atomic E-state index is 0.0321. The Labute approximate surface area is 126 Å². The van der Waals surface area contributed by atoms with Gasteiger partial charge in [0.1, 0.15) is 11.6 Å². The maximum absolute atomic E-state index is 13.6. The van der Waals surface area contributed by atoms with E-state index in [1.54, 1.807) is 30.3 Å². The summed E-state index contributed by atoms with van der Waals surface area (Å²) >= 11 is 0. The molecule has 0 aliphatic carbocycles. The van der Waals surface area contributed by atoms with E-state index in [-0.39, 0.29) is 23.8 Å². The zero-order chi connectivity index (χ0) is 15.4. The SMILES string of the molecule is O=C1OC(COc2ccccc2)=N/C1=C\c1ccccc1F. The van der Waals surface area contributed by atoms with Crippen LogP contribution < -0.4 is 4.74 Å². The molecule has 0 N–H and O–H groups in total. The first-order valence-electron chi connectivity index (χ1n) is 6.66. The molecule has 0 spiro atoms. The third kappa shape index (κ3) is 3.20. The Morgan fingerprint density at radius 3 is 2.59 bits per heavy atom. The summed E-state index contributed by atoms with van der Waals surface area (Å²) in [5, 5.41) is 0. The second kappa shape index (κ2) is 6.22. The van der Waals surface area contributed by atoms with Gasteiger partial charge in [-0.15, -0.1) is 0 Å². The molecular weight excluding hydrogens is 285 g/mol. The molecule has 0 radical (unpaired) electrons. The Bertz CT molecular complexity index is 754. The molecule has 1 heterocycles. The zero-order valence-electron chi connectivity index (χ0n) is 11.5. The predicted octanol–water partition coefficient (Wildman–Crippen LogP) is 3.20. The third-order valence-corrected chi connectivity index (χ3v) is 2.97. The number of benzene rings is 2. The van der Waals surface area contributed by atoms with Crippen LogP contribution in [0.5, 0.6) is 5.75 Å². The molecule has 1 aliphatic rings. The largest absolute Gasteiger partial charge is 0.484 e. The highest BCUT2D eigenvalue weighted by Crippen LogP contribution is 2.18. The van der Waals surface area contributed by atoms with Crippen LogP contribution in [-0.4, -0.2) is 18.5 Å². The second-order valence-corrected chi connectivity index (χ2v) is 4.55. The van der Waals surface area contributed by atoms with Crippen LogP contribution in [0, 0.1) is 5.82 Å². The van der Waals surface area contributed by atoms with E-state index >= 15 is 0 Å². The third-order valence-electron chi connectivity index (χ3n) is 2.97. The fraction of sp³-hybridized carbons (Fsp3) is 0.0588. The molecule has 110 valence electrons. The fourth-order valence-corrected chi connectivity index (χ4v) is 1.92. The van der Waals surface area contributed by atoms with Crippen molar-refractivity contribution in [1.29, 1.82) is 0 Å². The summed E-state index contributed by atoms with van der Waals surface area (Å²) in [6.07, 6.45) is 1.35. The molecule has 0 bridgehead atoms. The standard InChI is InChI=1S/C17H12FNO3/c18-14-9-5-4-6-12(14)10-15-17(20)22-16(19-15)11-21-13-7-2-1-3-8-13/h1-10H,11H2/b15-10-. The highest BCUT2D eigenvalue weighted by molar-refractivity contribution is 6.07. The van der Waals surface area contributed by atoms with E-state index in [4.69, 9.17) is 9.47 Å². The van der Waals surface area contributed by atoms with Crippen molar-refractivity contribution < 1.29 is 18.7 Å². The number of hydrogen-bond donors (Lipinski definition) is 0. The van der Waals surface area contributed by atoms with E-state index in [1.165, 1.54) is 12.1 Å². The van der Waals surface area contributed by atoms with E-state index in [2.05, 4.69) is 4.99 Å². The van der Waals surface area contributed by atoms with Gasteiger partial charge in [-0.3, -0.25) is 0 Å². The molecular formula is C17H12FNO3. The molecule has 0 fully saturated rings. The van der Waals surface area contributed by atoms with Crippen molar-refractivity contribution in [3.8, 4) is 5.75 Å². The molecule has 2 aromatic carbocycles. The van der Waals surface area contributed by atoms with Gasteiger partial charge in [0.15, 0.2) is 12.3 Å². The van der Waals surface area contributed by atoms with Crippen molar-refractivity contribution in [3.05, 3.63) is 71.7 Å². The number of nitrogens with zero attached hydrogens (tertiary/aromatic N) is 1. The Morgan fingerprint density at radius 2 is 1.82 bits per heavy atom. The smallest absolute Gasteiger partial charge is 0.363 e. The molecule has 4 nitrogen and oxygen atoms in total. The predicted molar refractivity (Wildman–Crippen MR) is 79.8 cm³/mol. The molecule has 0 saturated carbocycles. The van der Waals surface area contributed by atoms with Crippen LogP contribution in [0.25, 0.3) is 6.08 Å². The van der Waals surface area contributed by atoms with Crippen molar-refractivity contribution >= 4 is 17.9 Å². The Hall–Kier alpha value is -2.95. The minimum atomic E-state index is -0.616. The molecule has 5 heteroatoms. The van der Waals surface area contributed by atoms with E-state index in [1.807, 2.05) is 18.2 Å². The van der Waals surface area contributed by atoms with Crippen LogP contribution in [0.1, 0.15) is 5.56 Å². The first kappa shape index (κ1) is 14.0. The summed E-state index contributed by atoms with van der Waals surface area (Å²) in [5.41, 5.74) is 0.334. The van der Waals surface area contributed by atoms with Crippen LogP contribution in [-0.2, 0) is 9.53 Å². The van der Waals surface area contributed by atoms with Crippen LogP contribution in [0.2, 0.25) is 0 Å². The average Bonchev–Trinajstić information content (AvgIpc) is 2.89. The van der Waals surface area contributed by atoms with Gasteiger partial charge in [-0.25, -0.2) is 14.2 Å². The number of halogens is 1. The molecule has 2 aromatic rings. The lowest BCUT2D eigenvalue weighted by Crippen LogP contribution is -2.13. The Morgan fingerprint density at radius 1 is 1.09 bits per heavy atom. The van der Waals surface area contributed by atoms with Gasteiger partial charge in [0, 0.05) is 5.56 Å². The van der Waals surface area contributed by atoms with E-state index < -0.39 is 11.8 Å². The summed E-state index contributed by atoms with van der Waals surface area (Å²) < 4.78 is 24.0. The van der Waals surface area contributed by atoms with Crippen molar-refractivity contribution in [1.82, 2.24) is 0 Å². The zero-order valence-corrected chi connectivity index (χ0v) is 11.5. The quantitative estimate of drug-likeness (QED) is 0.643. The second-order valence-electron chi connectivity index (χ2n) is 4.55. The molecule has 1 aliphatic heterocycles. The summed E-state index contributed by atoms with van der Waals surface area (Å²) in [6, 6.07) is 15.2. The number of carbonyl (C=O) groups is 1. The van der Waals surface area contributed by atoms with Gasteiger partial charge in [0.25, 0.3) is 0 Å². The van der Waals surface area contributed by atoms with E-state index in [9.17, 15) is 9.18 Å². The fourth-order valence-electron chi connectivity index (χ4n) is 1.92. The summed E-state index contributed by atoms with van der Waals surface area (Å²) in [5.74, 6) is -0.244. The highest BCUT2D eigenvalue weighted by Gasteiger charge is 2.23. The minimum Gasteiger partial charge on any atom is -0.484 e. The summed E-state index contributed by atoms with van der Waals surface area (Å²) in [4.78, 5) is 15.8. The number of hydrogen-bond acceptors (Lipinski definition) is 4. The van der Waals surface area contributed by atoms with Crippen LogP contribution in [0.15, 0.2) is 65.3 Å². The maximum Gasteiger partial charge on any atom is 0.363 e. The van der Waals surface area contributed by atoms with Gasteiger partial charge in [-0.2, -0.15) is 0 Å². The average molecular weight is 297 g/mol. The number of ether oxygens (including phenoxy) is 2. The molecule has 0 atom stereocenters. The van der Waals surface area contributed by atoms with Gasteiger partial charge >= 0.3 is 5.97 Å². The van der Waals surface area contributed by atoms with Gasteiger partial charge < -0.3 is 9.47 Å². The summed E-state index contributed by atoms with van der Waals surface area (Å²) in [7, 11) is 0. The Kier molecular flexibility index (Phi) is 3.96. The summed E-state index contributed by atoms with van der Waals surface area (Å²) in [6.45, 7) is 0.0321. The van der Waals surface area contributed by atoms with Gasteiger partial charge in [0.2, 0.25) is 5.90 Å². The van der Waals surface area contributed by atoms with Crippen LogP contribution in [0.3, 0.4) is 0 Å². The lowest BCUT2D eigenvalue weighted by atomic mass is 10.2. The molecule has 0 amide bonds. The van der Waals surface area contributed by atoms with Gasteiger partial charge in [-0.1, -0.05) is 36.4 Å². The van der Waals surface area contributed by atoms with E-state index in [0.29, 0.717) is 5.75 Å². The molecule has 22 heavy (non-hydrogen) atoms. The molecule has 0 unspecified atom stereocenters. The lowest BCUT2D eigenvalue weighted by Gasteiger charge is -2.03. The van der Waals surface area contributed by atoms with Crippen molar-refractivity contribution in [3.63, 3.8) is 0 Å².